The molecule has 2 aromatic rings. The van der Waals surface area contributed by atoms with E-state index in [0.717, 1.165) is 42.7 Å². The van der Waals surface area contributed by atoms with E-state index >= 15 is 0 Å². The van der Waals surface area contributed by atoms with Gasteiger partial charge in [0.15, 0.2) is 0 Å². The van der Waals surface area contributed by atoms with E-state index < -0.39 is 5.41 Å². The van der Waals surface area contributed by atoms with E-state index in [-0.39, 0.29) is 11.9 Å². The molecular weight excluding hydrogens is 326 g/mol. The number of ether oxygens (including phenoxy) is 1. The minimum atomic E-state index is -0.419. The monoisotopic (exact) mass is 353 g/mol. The summed E-state index contributed by atoms with van der Waals surface area (Å²) in [5.41, 5.74) is 1.58. The SMILES string of the molecule is COc1ccc(C2(C(=O)N(C)C(C)Cc3cnccn3)CCCC2)cc1. The van der Waals surface area contributed by atoms with Gasteiger partial charge in [0.1, 0.15) is 5.75 Å². The van der Waals surface area contributed by atoms with Crippen LogP contribution in [-0.2, 0) is 16.6 Å². The van der Waals surface area contributed by atoms with Crippen molar-refractivity contribution in [2.24, 2.45) is 0 Å². The van der Waals surface area contributed by atoms with E-state index in [9.17, 15) is 4.79 Å². The number of hydrogen-bond donors (Lipinski definition) is 0. The van der Waals surface area contributed by atoms with E-state index in [0.29, 0.717) is 6.42 Å². The van der Waals surface area contributed by atoms with Gasteiger partial charge >= 0.3 is 0 Å². The van der Waals surface area contributed by atoms with Crippen molar-refractivity contribution in [3.63, 3.8) is 0 Å². The molecule has 1 unspecified atom stereocenters. The first kappa shape index (κ1) is 18.4. The quantitative estimate of drug-likeness (QED) is 0.799. The maximum absolute atomic E-state index is 13.5. The van der Waals surface area contributed by atoms with Crippen LogP contribution in [0.5, 0.6) is 5.75 Å². The number of nitrogens with zero attached hydrogens (tertiary/aromatic N) is 3. The summed E-state index contributed by atoms with van der Waals surface area (Å²) in [4.78, 5) is 23.9. The number of carbonyl (C=O) groups excluding carboxylic acids is 1. The molecule has 1 fully saturated rings. The van der Waals surface area contributed by atoms with E-state index in [2.05, 4.69) is 16.9 Å². The highest BCUT2D eigenvalue weighted by Gasteiger charge is 2.44. The molecule has 0 N–H and O–H groups in total. The number of aromatic nitrogens is 2. The summed E-state index contributed by atoms with van der Waals surface area (Å²) in [6.45, 7) is 2.07. The molecule has 0 spiro atoms. The minimum Gasteiger partial charge on any atom is -0.497 e. The summed E-state index contributed by atoms with van der Waals surface area (Å²) in [6, 6.07) is 8.05. The van der Waals surface area contributed by atoms with Gasteiger partial charge in [-0.2, -0.15) is 0 Å². The van der Waals surface area contributed by atoms with Crippen molar-refractivity contribution in [1.82, 2.24) is 14.9 Å². The molecule has 1 aliphatic carbocycles. The lowest BCUT2D eigenvalue weighted by Gasteiger charge is -2.36. The fraction of sp³-hybridized carbons (Fsp3) is 0.476. The van der Waals surface area contributed by atoms with Crippen LogP contribution in [0.15, 0.2) is 42.9 Å². The van der Waals surface area contributed by atoms with Crippen LogP contribution in [-0.4, -0.2) is 41.0 Å². The Morgan fingerprint density at radius 1 is 1.23 bits per heavy atom. The molecule has 3 rings (SSSR count). The van der Waals surface area contributed by atoms with Gasteiger partial charge in [-0.3, -0.25) is 14.8 Å². The molecule has 1 amide bonds. The van der Waals surface area contributed by atoms with Gasteiger partial charge in [0, 0.05) is 38.1 Å². The summed E-state index contributed by atoms with van der Waals surface area (Å²) in [5, 5.41) is 0. The summed E-state index contributed by atoms with van der Waals surface area (Å²) in [5.74, 6) is 1.02. The van der Waals surface area contributed by atoms with Crippen molar-refractivity contribution in [3.8, 4) is 5.75 Å². The zero-order valence-corrected chi connectivity index (χ0v) is 15.8. The molecule has 1 atom stereocenters. The van der Waals surface area contributed by atoms with Crippen molar-refractivity contribution in [2.75, 3.05) is 14.2 Å². The van der Waals surface area contributed by atoms with Crippen LogP contribution in [0.4, 0.5) is 0 Å². The summed E-state index contributed by atoms with van der Waals surface area (Å²) in [7, 11) is 3.57. The van der Waals surface area contributed by atoms with Crippen LogP contribution in [0.2, 0.25) is 0 Å². The molecule has 0 aliphatic heterocycles. The average Bonchev–Trinajstić information content (AvgIpc) is 3.18. The van der Waals surface area contributed by atoms with E-state index in [4.69, 9.17) is 4.74 Å². The minimum absolute atomic E-state index is 0.0647. The van der Waals surface area contributed by atoms with Crippen LogP contribution >= 0.6 is 0 Å². The zero-order valence-electron chi connectivity index (χ0n) is 15.8. The van der Waals surface area contributed by atoms with Crippen molar-refractivity contribution in [1.29, 1.82) is 0 Å². The first-order valence-electron chi connectivity index (χ1n) is 9.23. The number of rotatable bonds is 6. The second-order valence-corrected chi connectivity index (χ2v) is 7.18. The van der Waals surface area contributed by atoms with Gasteiger partial charge in [0.05, 0.1) is 18.2 Å². The second-order valence-electron chi connectivity index (χ2n) is 7.18. The van der Waals surface area contributed by atoms with Crippen LogP contribution in [0.1, 0.15) is 43.9 Å². The van der Waals surface area contributed by atoms with Crippen LogP contribution < -0.4 is 4.74 Å². The first-order chi connectivity index (χ1) is 12.6. The lowest BCUT2D eigenvalue weighted by molar-refractivity contribution is -0.137. The smallest absolute Gasteiger partial charge is 0.233 e. The van der Waals surface area contributed by atoms with E-state index in [1.807, 2.05) is 36.2 Å². The Labute approximate surface area is 155 Å². The summed E-state index contributed by atoms with van der Waals surface area (Å²) < 4.78 is 5.27. The Morgan fingerprint density at radius 2 is 1.92 bits per heavy atom. The van der Waals surface area contributed by atoms with Gasteiger partial charge < -0.3 is 9.64 Å². The normalized spacial score (nSPS) is 16.9. The Hall–Kier alpha value is -2.43. The number of likely N-dealkylation sites (N-methyl/N-ethyl adjacent to an activating group) is 1. The molecule has 0 bridgehead atoms. The number of carbonyl (C=O) groups is 1. The number of amides is 1. The molecule has 5 nitrogen and oxygen atoms in total. The van der Waals surface area contributed by atoms with Crippen LogP contribution in [0, 0.1) is 0 Å². The van der Waals surface area contributed by atoms with Crippen molar-refractivity contribution in [2.45, 2.75) is 50.5 Å². The van der Waals surface area contributed by atoms with Gasteiger partial charge in [0.2, 0.25) is 5.91 Å². The molecule has 5 heteroatoms. The Balaban J connectivity index is 1.81. The Morgan fingerprint density at radius 3 is 2.50 bits per heavy atom. The molecule has 138 valence electrons. The molecule has 1 aromatic heterocycles. The standard InChI is InChI=1S/C21H27N3O2/c1-16(14-18-15-22-12-13-23-18)24(2)20(25)21(10-4-5-11-21)17-6-8-19(26-3)9-7-17/h6-9,12-13,15-16H,4-5,10-11,14H2,1-3H3. The fourth-order valence-electron chi connectivity index (χ4n) is 3.93. The molecule has 0 saturated heterocycles. The molecule has 0 radical (unpaired) electrons. The fourth-order valence-corrected chi connectivity index (χ4v) is 3.93. The van der Waals surface area contributed by atoms with Crippen LogP contribution in [0.3, 0.4) is 0 Å². The van der Waals surface area contributed by atoms with Gasteiger partial charge in [-0.05, 0) is 37.5 Å². The second kappa shape index (κ2) is 7.85. The van der Waals surface area contributed by atoms with Gasteiger partial charge in [-0.15, -0.1) is 0 Å². The highest BCUT2D eigenvalue weighted by molar-refractivity contribution is 5.88. The van der Waals surface area contributed by atoms with Gasteiger partial charge in [-0.25, -0.2) is 0 Å². The molecule has 26 heavy (non-hydrogen) atoms. The van der Waals surface area contributed by atoms with Crippen molar-refractivity contribution < 1.29 is 9.53 Å². The largest absolute Gasteiger partial charge is 0.497 e. The summed E-state index contributed by atoms with van der Waals surface area (Å²) in [6.07, 6.45) is 9.81. The molecule has 1 heterocycles. The summed E-state index contributed by atoms with van der Waals surface area (Å²) >= 11 is 0. The lowest BCUT2D eigenvalue weighted by Crippen LogP contribution is -2.47. The third kappa shape index (κ3) is 3.57. The zero-order chi connectivity index (χ0) is 18.6. The maximum Gasteiger partial charge on any atom is 0.233 e. The molecular formula is C21H27N3O2. The van der Waals surface area contributed by atoms with Gasteiger partial charge in [0.25, 0.3) is 0 Å². The topological polar surface area (TPSA) is 55.3 Å². The van der Waals surface area contributed by atoms with E-state index in [1.54, 1.807) is 25.7 Å². The molecule has 1 aromatic carbocycles. The number of hydrogen-bond acceptors (Lipinski definition) is 4. The first-order valence-corrected chi connectivity index (χ1v) is 9.23. The van der Waals surface area contributed by atoms with Crippen LogP contribution in [0.25, 0.3) is 0 Å². The third-order valence-electron chi connectivity index (χ3n) is 5.61. The van der Waals surface area contributed by atoms with Crippen molar-refractivity contribution >= 4 is 5.91 Å². The average molecular weight is 353 g/mol. The Kier molecular flexibility index (Phi) is 5.55. The maximum atomic E-state index is 13.5. The van der Waals surface area contributed by atoms with E-state index in [1.165, 1.54) is 0 Å². The number of methoxy groups -OCH3 is 1. The van der Waals surface area contributed by atoms with Gasteiger partial charge in [-0.1, -0.05) is 25.0 Å². The highest BCUT2D eigenvalue weighted by atomic mass is 16.5. The van der Waals surface area contributed by atoms with Crippen molar-refractivity contribution in [3.05, 3.63) is 54.1 Å². The highest BCUT2D eigenvalue weighted by Crippen LogP contribution is 2.43. The Bertz CT molecular complexity index is 725. The predicted molar refractivity (Wildman–Crippen MR) is 101 cm³/mol. The third-order valence-corrected chi connectivity index (χ3v) is 5.61. The predicted octanol–water partition coefficient (Wildman–Crippen LogP) is 3.39. The molecule has 1 saturated carbocycles. The number of benzene rings is 1. The lowest BCUT2D eigenvalue weighted by atomic mass is 9.77. The molecule has 1 aliphatic rings.